The molecule has 0 aliphatic heterocycles. The zero-order valence-corrected chi connectivity index (χ0v) is 10.1. The third-order valence-corrected chi connectivity index (χ3v) is 1.48. The minimum Gasteiger partial charge on any atom is -0.546 e. The van der Waals surface area contributed by atoms with Gasteiger partial charge in [0.2, 0.25) is 0 Å². The molecule has 0 aliphatic carbocycles. The Labute approximate surface area is 104 Å². The van der Waals surface area contributed by atoms with Gasteiger partial charge in [0.15, 0.2) is 0 Å². The molecular formula is C9H9NaO4. The van der Waals surface area contributed by atoms with Crippen LogP contribution in [-0.2, 0) is 4.79 Å². The molecule has 1 unspecified atom stereocenters. The van der Waals surface area contributed by atoms with Crippen molar-refractivity contribution < 1.29 is 49.3 Å². The van der Waals surface area contributed by atoms with Crippen LogP contribution >= 0.6 is 0 Å². The van der Waals surface area contributed by atoms with Crippen LogP contribution in [0.1, 0.15) is 6.92 Å². The maximum Gasteiger partial charge on any atom is 1.00 e. The first-order chi connectivity index (χ1) is 6.09. The molecule has 1 atom stereocenters. The van der Waals surface area contributed by atoms with Crippen LogP contribution in [0, 0.1) is 0 Å². The van der Waals surface area contributed by atoms with Crippen LogP contribution in [0.4, 0.5) is 0 Å². The van der Waals surface area contributed by atoms with E-state index in [0.717, 1.165) is 0 Å². The first-order valence-corrected chi connectivity index (χ1v) is 3.76. The zero-order chi connectivity index (χ0) is 9.84. The van der Waals surface area contributed by atoms with Crippen LogP contribution in [0.2, 0.25) is 0 Å². The van der Waals surface area contributed by atoms with Gasteiger partial charge >= 0.3 is 29.6 Å². The summed E-state index contributed by atoms with van der Waals surface area (Å²) in [4.78, 5) is 10.3. The minimum absolute atomic E-state index is 0. The first kappa shape index (κ1) is 13.3. The van der Waals surface area contributed by atoms with Crippen LogP contribution < -0.4 is 39.4 Å². The monoisotopic (exact) mass is 204 g/mol. The van der Waals surface area contributed by atoms with Crippen molar-refractivity contribution in [2.24, 2.45) is 0 Å². The van der Waals surface area contributed by atoms with Gasteiger partial charge in [0, 0.05) is 0 Å². The van der Waals surface area contributed by atoms with E-state index in [-0.39, 0.29) is 35.3 Å². The molecular weight excluding hydrogens is 195 g/mol. The van der Waals surface area contributed by atoms with E-state index in [0.29, 0.717) is 5.75 Å². The molecule has 0 aliphatic rings. The van der Waals surface area contributed by atoms with Gasteiger partial charge in [-0.1, -0.05) is 0 Å². The van der Waals surface area contributed by atoms with Crippen LogP contribution in [0.3, 0.4) is 0 Å². The molecule has 0 fully saturated rings. The average molecular weight is 204 g/mol. The topological polar surface area (TPSA) is 69.6 Å². The average Bonchev–Trinajstić information content (AvgIpc) is 2.08. The van der Waals surface area contributed by atoms with Crippen molar-refractivity contribution in [2.45, 2.75) is 13.0 Å². The number of hydrogen-bond acceptors (Lipinski definition) is 4. The van der Waals surface area contributed by atoms with Gasteiger partial charge in [-0.05, 0) is 31.2 Å². The van der Waals surface area contributed by atoms with Gasteiger partial charge < -0.3 is 19.7 Å². The summed E-state index contributed by atoms with van der Waals surface area (Å²) in [6.07, 6.45) is -0.996. The molecule has 4 nitrogen and oxygen atoms in total. The molecule has 0 bridgehead atoms. The number of phenols is 1. The van der Waals surface area contributed by atoms with E-state index in [1.807, 2.05) is 0 Å². The number of carbonyl (C=O) groups excluding carboxylic acids is 1. The number of ether oxygens (including phenoxy) is 1. The second kappa shape index (κ2) is 5.90. The summed E-state index contributed by atoms with van der Waals surface area (Å²) >= 11 is 0. The number of benzene rings is 1. The molecule has 1 aromatic carbocycles. The largest absolute Gasteiger partial charge is 1.00 e. The molecule has 0 amide bonds. The summed E-state index contributed by atoms with van der Waals surface area (Å²) in [7, 11) is 0. The van der Waals surface area contributed by atoms with Crippen LogP contribution in [-0.4, -0.2) is 17.2 Å². The SMILES string of the molecule is CC(Oc1ccc(O)cc1)C(=O)[O-].[Na+]. The summed E-state index contributed by atoms with van der Waals surface area (Å²) in [5.74, 6) is -0.781. The maximum atomic E-state index is 10.3. The Kier molecular flexibility index (Phi) is 5.60. The molecule has 0 saturated carbocycles. The van der Waals surface area contributed by atoms with Crippen LogP contribution in [0.15, 0.2) is 24.3 Å². The number of hydrogen-bond donors (Lipinski definition) is 1. The first-order valence-electron chi connectivity index (χ1n) is 3.76. The standard InChI is InChI=1S/C9H10O4.Na/c1-6(9(11)12)13-8-4-2-7(10)3-5-8;/h2-6,10H,1H3,(H,11,12);/q;+1/p-1. The number of aromatic hydroxyl groups is 1. The van der Waals surface area contributed by atoms with Crippen LogP contribution in [0.25, 0.3) is 0 Å². The number of carbonyl (C=O) groups is 1. The molecule has 14 heavy (non-hydrogen) atoms. The molecule has 5 heteroatoms. The predicted octanol–water partition coefficient (Wildman–Crippen LogP) is -3.09. The summed E-state index contributed by atoms with van der Waals surface area (Å²) in [6, 6.07) is 5.79. The zero-order valence-electron chi connectivity index (χ0n) is 8.06. The van der Waals surface area contributed by atoms with Crippen molar-refractivity contribution in [3.8, 4) is 11.5 Å². The van der Waals surface area contributed by atoms with Crippen molar-refractivity contribution in [2.75, 3.05) is 0 Å². The number of rotatable bonds is 3. The third kappa shape index (κ3) is 4.00. The number of phenolic OH excluding ortho intramolecular Hbond substituents is 1. The van der Waals surface area contributed by atoms with E-state index in [9.17, 15) is 9.90 Å². The molecule has 70 valence electrons. The van der Waals surface area contributed by atoms with Crippen LogP contribution in [0.5, 0.6) is 11.5 Å². The molecule has 1 rings (SSSR count). The predicted molar refractivity (Wildman–Crippen MR) is 43.2 cm³/mol. The Morgan fingerprint density at radius 1 is 1.43 bits per heavy atom. The van der Waals surface area contributed by atoms with E-state index < -0.39 is 12.1 Å². The van der Waals surface area contributed by atoms with E-state index in [1.165, 1.54) is 31.2 Å². The molecule has 1 N–H and O–H groups in total. The second-order valence-electron chi connectivity index (χ2n) is 2.57. The third-order valence-electron chi connectivity index (χ3n) is 1.48. The number of carboxylic acids is 1. The smallest absolute Gasteiger partial charge is 0.546 e. The van der Waals surface area contributed by atoms with Crippen molar-refractivity contribution in [1.29, 1.82) is 0 Å². The summed E-state index contributed by atoms with van der Waals surface area (Å²) in [6.45, 7) is 1.38. The Morgan fingerprint density at radius 2 is 1.93 bits per heavy atom. The fourth-order valence-electron chi connectivity index (χ4n) is 0.777. The summed E-state index contributed by atoms with van der Waals surface area (Å²) < 4.78 is 4.96. The van der Waals surface area contributed by atoms with Crippen molar-refractivity contribution in [3.05, 3.63) is 24.3 Å². The fraction of sp³-hybridized carbons (Fsp3) is 0.222. The van der Waals surface area contributed by atoms with E-state index in [4.69, 9.17) is 9.84 Å². The van der Waals surface area contributed by atoms with Gasteiger partial charge in [-0.2, -0.15) is 0 Å². The Bertz CT molecular complexity index is 296. The molecule has 0 aromatic heterocycles. The summed E-state index contributed by atoms with van der Waals surface area (Å²) in [5.41, 5.74) is 0. The van der Waals surface area contributed by atoms with Gasteiger partial charge in [-0.3, -0.25) is 0 Å². The Morgan fingerprint density at radius 3 is 2.36 bits per heavy atom. The van der Waals surface area contributed by atoms with Crippen molar-refractivity contribution >= 4 is 5.97 Å². The van der Waals surface area contributed by atoms with Gasteiger partial charge in [0.1, 0.15) is 17.6 Å². The van der Waals surface area contributed by atoms with Crippen molar-refractivity contribution in [3.63, 3.8) is 0 Å². The van der Waals surface area contributed by atoms with E-state index in [2.05, 4.69) is 0 Å². The maximum absolute atomic E-state index is 10.3. The normalized spacial score (nSPS) is 11.2. The van der Waals surface area contributed by atoms with Gasteiger partial charge in [-0.15, -0.1) is 0 Å². The summed E-state index contributed by atoms with van der Waals surface area (Å²) in [5, 5.41) is 19.2. The molecule has 1 aromatic rings. The number of carboxylic acid groups (broad SMARTS) is 1. The minimum atomic E-state index is -1.27. The van der Waals surface area contributed by atoms with Gasteiger partial charge in [0.05, 0.1) is 5.97 Å². The molecule has 0 heterocycles. The molecule has 0 spiro atoms. The van der Waals surface area contributed by atoms with E-state index in [1.54, 1.807) is 0 Å². The van der Waals surface area contributed by atoms with E-state index >= 15 is 0 Å². The van der Waals surface area contributed by atoms with Gasteiger partial charge in [-0.25, -0.2) is 0 Å². The second-order valence-corrected chi connectivity index (χ2v) is 2.57. The fourth-order valence-corrected chi connectivity index (χ4v) is 0.777. The Hall–Kier alpha value is -0.710. The number of aliphatic carboxylic acids is 1. The van der Waals surface area contributed by atoms with Crippen molar-refractivity contribution in [1.82, 2.24) is 0 Å². The Balaban J connectivity index is 0.00000169. The molecule has 0 radical (unpaired) electrons. The molecule has 0 saturated heterocycles. The van der Waals surface area contributed by atoms with Gasteiger partial charge in [0.25, 0.3) is 0 Å². The quantitative estimate of drug-likeness (QED) is 0.530.